The van der Waals surface area contributed by atoms with Gasteiger partial charge in [0.05, 0.1) is 11.4 Å². The van der Waals surface area contributed by atoms with Crippen molar-refractivity contribution in [1.82, 2.24) is 4.98 Å². The van der Waals surface area contributed by atoms with Crippen LogP contribution in [-0.4, -0.2) is 23.1 Å². The summed E-state index contributed by atoms with van der Waals surface area (Å²) in [6, 6.07) is 10.1. The predicted octanol–water partition coefficient (Wildman–Crippen LogP) is 3.34. The highest BCUT2D eigenvalue weighted by Gasteiger charge is 2.18. The van der Waals surface area contributed by atoms with E-state index in [1.54, 1.807) is 6.92 Å². The molecule has 4 heteroatoms. The quantitative estimate of drug-likeness (QED) is 0.935. The molecule has 1 aromatic carbocycles. The van der Waals surface area contributed by atoms with Crippen molar-refractivity contribution in [1.29, 1.82) is 0 Å². The van der Waals surface area contributed by atoms with Crippen LogP contribution in [-0.2, 0) is 6.54 Å². The highest BCUT2D eigenvalue weighted by Crippen LogP contribution is 2.24. The number of aromatic nitrogens is 1. The summed E-state index contributed by atoms with van der Waals surface area (Å²) < 4.78 is 0. The zero-order chi connectivity index (χ0) is 15.6. The Hall–Kier alpha value is -2.36. The second-order valence-corrected chi connectivity index (χ2v) is 5.39. The molecule has 21 heavy (non-hydrogen) atoms. The third kappa shape index (κ3) is 3.40. The summed E-state index contributed by atoms with van der Waals surface area (Å²) in [4.78, 5) is 17.7. The molecule has 0 aliphatic heterocycles. The second-order valence-electron chi connectivity index (χ2n) is 5.39. The number of aryl methyl sites for hydroxylation is 3. The zero-order valence-electron chi connectivity index (χ0n) is 12.8. The van der Waals surface area contributed by atoms with E-state index in [1.807, 2.05) is 31.9 Å². The molecule has 0 bridgehead atoms. The molecule has 0 saturated carbocycles. The van der Waals surface area contributed by atoms with E-state index in [9.17, 15) is 9.90 Å². The van der Waals surface area contributed by atoms with Crippen LogP contribution in [0.15, 0.2) is 30.3 Å². The molecule has 0 radical (unpaired) electrons. The number of benzene rings is 1. The highest BCUT2D eigenvalue weighted by molar-refractivity contribution is 5.95. The lowest BCUT2D eigenvalue weighted by molar-refractivity contribution is 0.0696. The van der Waals surface area contributed by atoms with Crippen LogP contribution in [0.1, 0.15) is 32.9 Å². The molecule has 0 amide bonds. The van der Waals surface area contributed by atoms with Crippen LogP contribution in [0.2, 0.25) is 0 Å². The molecule has 0 unspecified atom stereocenters. The van der Waals surface area contributed by atoms with Gasteiger partial charge in [0, 0.05) is 19.3 Å². The van der Waals surface area contributed by atoms with E-state index in [-0.39, 0.29) is 5.56 Å². The summed E-state index contributed by atoms with van der Waals surface area (Å²) in [5.41, 5.74) is 4.70. The van der Waals surface area contributed by atoms with Gasteiger partial charge in [-0.3, -0.25) is 4.98 Å². The summed E-state index contributed by atoms with van der Waals surface area (Å²) in [5, 5.41) is 9.42. The second kappa shape index (κ2) is 5.95. The van der Waals surface area contributed by atoms with Crippen LogP contribution < -0.4 is 4.90 Å². The Labute approximate surface area is 125 Å². The molecule has 2 aromatic rings. The molecule has 0 saturated heterocycles. The number of hydrogen-bond donors (Lipinski definition) is 1. The lowest BCUT2D eigenvalue weighted by Gasteiger charge is -2.22. The van der Waals surface area contributed by atoms with Crippen LogP contribution in [0.5, 0.6) is 0 Å². The number of carboxylic acids is 1. The molecule has 1 heterocycles. The first-order chi connectivity index (χ1) is 9.88. The third-order valence-electron chi connectivity index (χ3n) is 3.47. The van der Waals surface area contributed by atoms with E-state index in [2.05, 4.69) is 29.2 Å². The zero-order valence-corrected chi connectivity index (χ0v) is 12.8. The lowest BCUT2D eigenvalue weighted by Crippen LogP contribution is -2.21. The molecule has 1 N–H and O–H groups in total. The number of nitrogens with zero attached hydrogens (tertiary/aromatic N) is 2. The molecule has 0 fully saturated rings. The van der Waals surface area contributed by atoms with E-state index < -0.39 is 5.97 Å². The first-order valence-electron chi connectivity index (χ1n) is 6.86. The van der Waals surface area contributed by atoms with Crippen LogP contribution in [0.3, 0.4) is 0 Å². The van der Waals surface area contributed by atoms with E-state index in [4.69, 9.17) is 0 Å². The van der Waals surface area contributed by atoms with Gasteiger partial charge in [-0.15, -0.1) is 0 Å². The van der Waals surface area contributed by atoms with Gasteiger partial charge in [-0.25, -0.2) is 4.79 Å². The minimum atomic E-state index is -0.939. The van der Waals surface area contributed by atoms with Crippen molar-refractivity contribution >= 4 is 11.7 Å². The fraction of sp³-hybridized carbons (Fsp3) is 0.294. The maximum Gasteiger partial charge on any atom is 0.339 e. The van der Waals surface area contributed by atoms with Gasteiger partial charge in [0.1, 0.15) is 5.56 Å². The Kier molecular flexibility index (Phi) is 4.26. The van der Waals surface area contributed by atoms with Crippen molar-refractivity contribution in [2.24, 2.45) is 0 Å². The number of carboxylic acid groups (broad SMARTS) is 1. The average molecular weight is 284 g/mol. The van der Waals surface area contributed by atoms with Crippen LogP contribution in [0.4, 0.5) is 5.69 Å². The first-order valence-corrected chi connectivity index (χ1v) is 6.86. The standard InChI is InChI=1S/C17H20N2O2/c1-11-5-7-14(8-6-11)10-19(4)15-9-12(2)18-13(3)16(15)17(20)21/h5-9H,10H2,1-4H3,(H,20,21). The van der Waals surface area contributed by atoms with Crippen molar-refractivity contribution in [2.75, 3.05) is 11.9 Å². The van der Waals surface area contributed by atoms with Gasteiger partial charge < -0.3 is 10.0 Å². The van der Waals surface area contributed by atoms with E-state index in [1.165, 1.54) is 5.56 Å². The number of pyridine rings is 1. The molecule has 110 valence electrons. The van der Waals surface area contributed by atoms with Crippen LogP contribution in [0.25, 0.3) is 0 Å². The fourth-order valence-electron chi connectivity index (χ4n) is 2.43. The Bertz CT molecular complexity index is 663. The fourth-order valence-corrected chi connectivity index (χ4v) is 2.43. The summed E-state index contributed by atoms with van der Waals surface area (Å²) in [7, 11) is 1.90. The molecule has 0 atom stereocenters. The molecule has 0 aliphatic rings. The van der Waals surface area contributed by atoms with Crippen LogP contribution in [0, 0.1) is 20.8 Å². The van der Waals surface area contributed by atoms with E-state index >= 15 is 0 Å². The topological polar surface area (TPSA) is 53.4 Å². The molecule has 0 aliphatic carbocycles. The molecule has 2 rings (SSSR count). The minimum Gasteiger partial charge on any atom is -0.478 e. The van der Waals surface area contributed by atoms with E-state index in [0.717, 1.165) is 11.3 Å². The predicted molar refractivity (Wildman–Crippen MR) is 84.0 cm³/mol. The number of carbonyl (C=O) groups is 1. The Morgan fingerprint density at radius 3 is 2.38 bits per heavy atom. The molecule has 1 aromatic heterocycles. The number of rotatable bonds is 4. The van der Waals surface area contributed by atoms with Crippen molar-refractivity contribution in [3.05, 3.63) is 58.4 Å². The molecule has 0 spiro atoms. The summed E-state index contributed by atoms with van der Waals surface area (Å²) in [6.45, 7) is 6.32. The van der Waals surface area contributed by atoms with Crippen molar-refractivity contribution < 1.29 is 9.90 Å². The Morgan fingerprint density at radius 2 is 1.81 bits per heavy atom. The van der Waals surface area contributed by atoms with Gasteiger partial charge in [0.25, 0.3) is 0 Å². The van der Waals surface area contributed by atoms with Crippen molar-refractivity contribution in [3.8, 4) is 0 Å². The minimum absolute atomic E-state index is 0.273. The average Bonchev–Trinajstić information content (AvgIpc) is 2.39. The maximum absolute atomic E-state index is 11.5. The number of anilines is 1. The normalized spacial score (nSPS) is 10.5. The third-order valence-corrected chi connectivity index (χ3v) is 3.47. The number of hydrogen-bond acceptors (Lipinski definition) is 3. The largest absolute Gasteiger partial charge is 0.478 e. The Balaban J connectivity index is 2.36. The molecular formula is C17H20N2O2. The summed E-state index contributed by atoms with van der Waals surface area (Å²) in [6.07, 6.45) is 0. The lowest BCUT2D eigenvalue weighted by atomic mass is 10.1. The first kappa shape index (κ1) is 15.0. The van der Waals surface area contributed by atoms with Crippen molar-refractivity contribution in [3.63, 3.8) is 0 Å². The smallest absolute Gasteiger partial charge is 0.339 e. The maximum atomic E-state index is 11.5. The summed E-state index contributed by atoms with van der Waals surface area (Å²) >= 11 is 0. The Morgan fingerprint density at radius 1 is 1.19 bits per heavy atom. The SMILES string of the molecule is Cc1ccc(CN(C)c2cc(C)nc(C)c2C(=O)O)cc1. The van der Waals surface area contributed by atoms with Gasteiger partial charge in [-0.05, 0) is 32.4 Å². The summed E-state index contributed by atoms with van der Waals surface area (Å²) in [5.74, 6) is -0.939. The van der Waals surface area contributed by atoms with E-state index in [0.29, 0.717) is 17.9 Å². The highest BCUT2D eigenvalue weighted by atomic mass is 16.4. The van der Waals surface area contributed by atoms with Gasteiger partial charge in [0.15, 0.2) is 0 Å². The number of aromatic carboxylic acids is 1. The monoisotopic (exact) mass is 284 g/mol. The molecule has 4 nitrogen and oxygen atoms in total. The van der Waals surface area contributed by atoms with Gasteiger partial charge in [0.2, 0.25) is 0 Å². The van der Waals surface area contributed by atoms with Gasteiger partial charge >= 0.3 is 5.97 Å². The van der Waals surface area contributed by atoms with Crippen molar-refractivity contribution in [2.45, 2.75) is 27.3 Å². The van der Waals surface area contributed by atoms with Crippen LogP contribution >= 0.6 is 0 Å². The molecular weight excluding hydrogens is 264 g/mol. The van der Waals surface area contributed by atoms with Gasteiger partial charge in [-0.2, -0.15) is 0 Å². The van der Waals surface area contributed by atoms with Gasteiger partial charge in [-0.1, -0.05) is 29.8 Å².